The second-order valence-electron chi connectivity index (χ2n) is 6.17. The molecule has 0 aromatic heterocycles. The lowest BCUT2D eigenvalue weighted by molar-refractivity contribution is 0.0936. The third-order valence-corrected chi connectivity index (χ3v) is 3.74. The van der Waals surface area contributed by atoms with Gasteiger partial charge in [-0.3, -0.25) is 0 Å². The fourth-order valence-electron chi connectivity index (χ4n) is 3.13. The molecule has 3 nitrogen and oxygen atoms in total. The summed E-state index contributed by atoms with van der Waals surface area (Å²) in [6.07, 6.45) is 2.81. The maximum absolute atomic E-state index is 11.0. The molecule has 1 fully saturated rings. The van der Waals surface area contributed by atoms with Gasteiger partial charge in [0.25, 0.3) is 9.24 Å². The van der Waals surface area contributed by atoms with E-state index in [1.165, 1.54) is 0 Å². The molecule has 90 valence electrons. The Balaban J connectivity index is 2.76. The minimum Gasteiger partial charge on any atom is -0.199 e. The summed E-state index contributed by atoms with van der Waals surface area (Å²) in [5, 5.41) is 0. The van der Waals surface area contributed by atoms with Gasteiger partial charge < -0.3 is 0 Å². The zero-order chi connectivity index (χ0) is 11.9. The van der Waals surface area contributed by atoms with Gasteiger partial charge in [0.15, 0.2) is 0 Å². The summed E-state index contributed by atoms with van der Waals surface area (Å²) < 4.78 is 24.5. The van der Waals surface area contributed by atoms with E-state index in [9.17, 15) is 8.42 Å². The van der Waals surface area contributed by atoms with Gasteiger partial charge in [0.2, 0.25) is 0 Å². The first-order chi connectivity index (χ1) is 6.49. The SMILES string of the molecule is CC1(C)CC(NS(=O)(=O)Cl)CC(C)(C)C1. The van der Waals surface area contributed by atoms with Crippen molar-refractivity contribution < 1.29 is 8.42 Å². The van der Waals surface area contributed by atoms with Crippen LogP contribution < -0.4 is 4.72 Å². The van der Waals surface area contributed by atoms with E-state index in [2.05, 4.69) is 32.4 Å². The topological polar surface area (TPSA) is 46.2 Å². The van der Waals surface area contributed by atoms with Crippen molar-refractivity contribution >= 4 is 19.9 Å². The third kappa shape index (κ3) is 4.70. The second kappa shape index (κ2) is 3.90. The average Bonchev–Trinajstić information content (AvgIpc) is 1.70. The number of hydrogen-bond acceptors (Lipinski definition) is 2. The molecule has 0 unspecified atom stereocenters. The summed E-state index contributed by atoms with van der Waals surface area (Å²) in [7, 11) is 1.61. The maximum Gasteiger partial charge on any atom is 0.297 e. The molecule has 1 aliphatic rings. The molecule has 0 bridgehead atoms. The molecule has 0 aliphatic heterocycles. The van der Waals surface area contributed by atoms with E-state index in [0.717, 1.165) is 19.3 Å². The fraction of sp³-hybridized carbons (Fsp3) is 1.00. The van der Waals surface area contributed by atoms with Gasteiger partial charge in [-0.05, 0) is 30.1 Å². The number of halogens is 1. The van der Waals surface area contributed by atoms with Crippen LogP contribution in [0.15, 0.2) is 0 Å². The summed E-state index contributed by atoms with van der Waals surface area (Å²) in [6, 6.07) is -0.0359. The molecular formula is C10H20ClNO2S. The first kappa shape index (κ1) is 13.3. The highest BCUT2D eigenvalue weighted by molar-refractivity contribution is 8.12. The average molecular weight is 254 g/mol. The molecule has 0 saturated heterocycles. The minimum atomic E-state index is -3.60. The normalized spacial score (nSPS) is 26.5. The molecule has 15 heavy (non-hydrogen) atoms. The van der Waals surface area contributed by atoms with Gasteiger partial charge in [-0.15, -0.1) is 0 Å². The van der Waals surface area contributed by atoms with Crippen LogP contribution in [0.2, 0.25) is 0 Å². The van der Waals surface area contributed by atoms with Crippen molar-refractivity contribution in [1.82, 2.24) is 4.72 Å². The minimum absolute atomic E-state index is 0.0359. The van der Waals surface area contributed by atoms with E-state index in [4.69, 9.17) is 10.7 Å². The highest BCUT2D eigenvalue weighted by Crippen LogP contribution is 2.45. The van der Waals surface area contributed by atoms with Crippen LogP contribution in [-0.2, 0) is 9.24 Å². The Kier molecular flexibility index (Phi) is 3.45. The van der Waals surface area contributed by atoms with Crippen molar-refractivity contribution in [3.63, 3.8) is 0 Å². The van der Waals surface area contributed by atoms with Crippen LogP contribution >= 0.6 is 10.7 Å². The summed E-state index contributed by atoms with van der Waals surface area (Å²) in [5.41, 5.74) is 0.335. The first-order valence-electron chi connectivity index (χ1n) is 5.21. The van der Waals surface area contributed by atoms with Crippen LogP contribution in [0.4, 0.5) is 0 Å². The van der Waals surface area contributed by atoms with E-state index >= 15 is 0 Å². The quantitative estimate of drug-likeness (QED) is 0.769. The second-order valence-corrected chi connectivity index (χ2v) is 8.50. The van der Waals surface area contributed by atoms with Crippen LogP contribution in [0.3, 0.4) is 0 Å². The van der Waals surface area contributed by atoms with Gasteiger partial charge in [-0.1, -0.05) is 27.7 Å². The highest BCUT2D eigenvalue weighted by Gasteiger charge is 2.39. The smallest absolute Gasteiger partial charge is 0.199 e. The largest absolute Gasteiger partial charge is 0.297 e. The molecular weight excluding hydrogens is 234 g/mol. The molecule has 0 spiro atoms. The maximum atomic E-state index is 11.0. The molecule has 0 heterocycles. The van der Waals surface area contributed by atoms with Gasteiger partial charge in [-0.25, -0.2) is 0 Å². The molecule has 1 aliphatic carbocycles. The van der Waals surface area contributed by atoms with E-state index in [-0.39, 0.29) is 16.9 Å². The number of nitrogens with one attached hydrogen (secondary N) is 1. The van der Waals surface area contributed by atoms with Gasteiger partial charge in [-0.2, -0.15) is 13.1 Å². The molecule has 0 amide bonds. The standard InChI is InChI=1S/C10H20ClNO2S/c1-9(2)5-8(12-15(11,13)14)6-10(3,4)7-9/h8,12H,5-7H2,1-4H3. The lowest BCUT2D eigenvalue weighted by Gasteiger charge is -2.44. The van der Waals surface area contributed by atoms with Crippen LogP contribution in [0, 0.1) is 10.8 Å². The molecule has 0 aromatic rings. The Labute approximate surface area is 97.1 Å². The monoisotopic (exact) mass is 253 g/mol. The van der Waals surface area contributed by atoms with Gasteiger partial charge in [0.05, 0.1) is 0 Å². The van der Waals surface area contributed by atoms with Gasteiger partial charge >= 0.3 is 0 Å². The van der Waals surface area contributed by atoms with Crippen LogP contribution in [-0.4, -0.2) is 14.5 Å². The molecule has 5 heteroatoms. The summed E-state index contributed by atoms with van der Waals surface area (Å²) in [5.74, 6) is 0. The predicted molar refractivity (Wildman–Crippen MR) is 63.1 cm³/mol. The third-order valence-electron chi connectivity index (χ3n) is 2.86. The van der Waals surface area contributed by atoms with Crippen LogP contribution in [0.25, 0.3) is 0 Å². The molecule has 0 aromatic carbocycles. The fourth-order valence-corrected chi connectivity index (χ4v) is 4.07. The number of hydrogen-bond donors (Lipinski definition) is 1. The lowest BCUT2D eigenvalue weighted by atomic mass is 9.64. The zero-order valence-electron chi connectivity index (χ0n) is 9.80. The molecule has 1 N–H and O–H groups in total. The van der Waals surface area contributed by atoms with Crippen molar-refractivity contribution in [2.24, 2.45) is 10.8 Å². The van der Waals surface area contributed by atoms with Crippen molar-refractivity contribution in [2.75, 3.05) is 0 Å². The van der Waals surface area contributed by atoms with E-state index in [0.29, 0.717) is 0 Å². The molecule has 1 saturated carbocycles. The summed E-state index contributed by atoms with van der Waals surface area (Å²) in [6.45, 7) is 8.68. The Morgan fingerprint density at radius 1 is 1.13 bits per heavy atom. The van der Waals surface area contributed by atoms with Crippen LogP contribution in [0.1, 0.15) is 47.0 Å². The lowest BCUT2D eigenvalue weighted by Crippen LogP contribution is -2.44. The van der Waals surface area contributed by atoms with Crippen molar-refractivity contribution in [3.8, 4) is 0 Å². The van der Waals surface area contributed by atoms with Crippen molar-refractivity contribution in [1.29, 1.82) is 0 Å². The van der Waals surface area contributed by atoms with Gasteiger partial charge in [0.1, 0.15) is 0 Å². The Hall–Kier alpha value is 0.200. The van der Waals surface area contributed by atoms with Crippen molar-refractivity contribution in [3.05, 3.63) is 0 Å². The number of rotatable bonds is 2. The summed E-state index contributed by atoms with van der Waals surface area (Å²) in [4.78, 5) is 0. The highest BCUT2D eigenvalue weighted by atomic mass is 35.7. The van der Waals surface area contributed by atoms with Crippen molar-refractivity contribution in [2.45, 2.75) is 53.0 Å². The summed E-state index contributed by atoms with van der Waals surface area (Å²) >= 11 is 0. The Morgan fingerprint density at radius 3 is 1.87 bits per heavy atom. The van der Waals surface area contributed by atoms with E-state index in [1.54, 1.807) is 0 Å². The Bertz CT molecular complexity index is 319. The molecule has 1 rings (SSSR count). The van der Waals surface area contributed by atoms with Gasteiger partial charge in [0, 0.05) is 16.7 Å². The van der Waals surface area contributed by atoms with Crippen LogP contribution in [0.5, 0.6) is 0 Å². The van der Waals surface area contributed by atoms with E-state index in [1.807, 2.05) is 0 Å². The predicted octanol–water partition coefficient (Wildman–Crippen LogP) is 2.66. The zero-order valence-corrected chi connectivity index (χ0v) is 11.4. The van der Waals surface area contributed by atoms with E-state index < -0.39 is 9.24 Å². The first-order valence-corrected chi connectivity index (χ1v) is 7.52. The molecule has 0 radical (unpaired) electrons. The Morgan fingerprint density at radius 2 is 1.53 bits per heavy atom. The molecule has 0 atom stereocenters.